The Morgan fingerprint density at radius 2 is 2.13 bits per heavy atom. The summed E-state index contributed by atoms with van der Waals surface area (Å²) in [6.45, 7) is 5.76. The number of sulfone groups is 1. The Bertz CT molecular complexity index is 748. The summed E-state index contributed by atoms with van der Waals surface area (Å²) in [6.07, 6.45) is 1.54. The van der Waals surface area contributed by atoms with Gasteiger partial charge in [-0.15, -0.1) is 11.3 Å². The molecule has 0 saturated heterocycles. The van der Waals surface area contributed by atoms with Crippen molar-refractivity contribution in [1.82, 2.24) is 10.3 Å². The maximum absolute atomic E-state index is 12.4. The van der Waals surface area contributed by atoms with E-state index in [2.05, 4.69) is 10.3 Å². The molecule has 2 aromatic heterocycles. The Hall–Kier alpha value is -1.67. The van der Waals surface area contributed by atoms with Gasteiger partial charge in [0.1, 0.15) is 5.25 Å². The fourth-order valence-corrected chi connectivity index (χ4v) is 3.94. The van der Waals surface area contributed by atoms with Crippen molar-refractivity contribution in [2.45, 2.75) is 31.8 Å². The van der Waals surface area contributed by atoms with Gasteiger partial charge in [-0.25, -0.2) is 13.4 Å². The molecule has 1 atom stereocenters. The van der Waals surface area contributed by atoms with Gasteiger partial charge in [-0.3, -0.25) is 4.79 Å². The van der Waals surface area contributed by atoms with Crippen molar-refractivity contribution in [2.24, 2.45) is 5.92 Å². The van der Waals surface area contributed by atoms with Crippen molar-refractivity contribution < 1.29 is 17.6 Å². The lowest BCUT2D eigenvalue weighted by atomic mass is 10.2. The highest BCUT2D eigenvalue weighted by molar-refractivity contribution is 7.92. The van der Waals surface area contributed by atoms with Crippen LogP contribution in [0.5, 0.6) is 0 Å². The first-order valence-electron chi connectivity index (χ1n) is 7.27. The number of nitrogens with one attached hydrogen (secondary N) is 1. The number of hydrogen-bond donors (Lipinski definition) is 1. The van der Waals surface area contributed by atoms with Crippen LogP contribution >= 0.6 is 11.3 Å². The normalized spacial score (nSPS) is 13.2. The molecule has 1 N–H and O–H groups in total. The number of nitrogens with zero attached hydrogens (tertiary/aromatic N) is 1. The first-order chi connectivity index (χ1) is 10.8. The number of carbonyl (C=O) groups excluding carboxylic acids is 1. The van der Waals surface area contributed by atoms with Crippen LogP contribution in [0.4, 0.5) is 0 Å². The third kappa shape index (κ3) is 4.65. The molecule has 0 aliphatic rings. The maximum Gasteiger partial charge on any atom is 0.238 e. The fourth-order valence-electron chi connectivity index (χ4n) is 1.83. The van der Waals surface area contributed by atoms with Crippen LogP contribution in [-0.2, 0) is 20.4 Å². The van der Waals surface area contributed by atoms with E-state index in [1.807, 2.05) is 13.8 Å². The zero-order valence-electron chi connectivity index (χ0n) is 13.3. The molecule has 0 bridgehead atoms. The predicted octanol–water partition coefficient (Wildman–Crippen LogP) is 2.48. The molecule has 0 fully saturated rings. The monoisotopic (exact) mass is 356 g/mol. The van der Waals surface area contributed by atoms with Crippen LogP contribution in [0.2, 0.25) is 0 Å². The second-order valence-corrected chi connectivity index (χ2v) is 8.89. The van der Waals surface area contributed by atoms with Crippen molar-refractivity contribution in [3.8, 4) is 10.8 Å². The van der Waals surface area contributed by atoms with Gasteiger partial charge in [-0.05, 0) is 25.0 Å². The quantitative estimate of drug-likeness (QED) is 0.823. The van der Waals surface area contributed by atoms with Gasteiger partial charge in [-0.1, -0.05) is 13.8 Å². The molecule has 0 aliphatic carbocycles. The van der Waals surface area contributed by atoms with Crippen molar-refractivity contribution in [2.75, 3.05) is 6.54 Å². The van der Waals surface area contributed by atoms with Gasteiger partial charge in [0, 0.05) is 11.9 Å². The third-order valence-corrected chi connectivity index (χ3v) is 6.12. The molecular formula is C15H20N2O4S2. The van der Waals surface area contributed by atoms with Crippen LogP contribution in [0, 0.1) is 5.92 Å². The molecule has 0 spiro atoms. The molecule has 0 aromatic carbocycles. The molecule has 8 heteroatoms. The SMILES string of the molecule is CC(C)CNC(=O)C(C)S(=O)(=O)Cc1csc(-c2ccco2)n1. The average Bonchev–Trinajstić information content (AvgIpc) is 3.14. The van der Waals surface area contributed by atoms with Crippen LogP contribution < -0.4 is 5.32 Å². The largest absolute Gasteiger partial charge is 0.462 e. The smallest absolute Gasteiger partial charge is 0.238 e. The summed E-state index contributed by atoms with van der Waals surface area (Å²) in [5.74, 6) is 0.130. The Labute approximate surface area is 139 Å². The van der Waals surface area contributed by atoms with Gasteiger partial charge in [0.2, 0.25) is 5.91 Å². The van der Waals surface area contributed by atoms with Crippen LogP contribution in [0.1, 0.15) is 26.5 Å². The van der Waals surface area contributed by atoms with E-state index in [0.29, 0.717) is 23.0 Å². The number of hydrogen-bond acceptors (Lipinski definition) is 6. The minimum Gasteiger partial charge on any atom is -0.462 e. The number of thiazole rings is 1. The summed E-state index contributed by atoms with van der Waals surface area (Å²) in [5.41, 5.74) is 0.421. The number of carbonyl (C=O) groups is 1. The molecule has 0 radical (unpaired) electrons. The highest BCUT2D eigenvalue weighted by Gasteiger charge is 2.29. The summed E-state index contributed by atoms with van der Waals surface area (Å²) in [5, 5.41) is 3.85. The van der Waals surface area contributed by atoms with E-state index >= 15 is 0 Å². The highest BCUT2D eigenvalue weighted by Crippen LogP contribution is 2.25. The predicted molar refractivity (Wildman–Crippen MR) is 89.7 cm³/mol. The van der Waals surface area contributed by atoms with Gasteiger partial charge in [-0.2, -0.15) is 0 Å². The second kappa shape index (κ2) is 7.27. The van der Waals surface area contributed by atoms with Gasteiger partial charge < -0.3 is 9.73 Å². The van der Waals surface area contributed by atoms with E-state index in [1.165, 1.54) is 24.5 Å². The van der Waals surface area contributed by atoms with Gasteiger partial charge in [0.05, 0.1) is 17.7 Å². The molecule has 126 valence electrons. The van der Waals surface area contributed by atoms with Crippen LogP contribution in [0.25, 0.3) is 10.8 Å². The lowest BCUT2D eigenvalue weighted by Crippen LogP contribution is -2.39. The molecule has 2 heterocycles. The van der Waals surface area contributed by atoms with Crippen LogP contribution in [-0.4, -0.2) is 31.1 Å². The van der Waals surface area contributed by atoms with E-state index in [4.69, 9.17) is 4.42 Å². The highest BCUT2D eigenvalue weighted by atomic mass is 32.2. The number of aromatic nitrogens is 1. The standard InChI is InChI=1S/C15H20N2O4S2/c1-10(2)7-16-14(18)11(3)23(19,20)9-12-8-22-15(17-12)13-5-4-6-21-13/h4-6,8,10-11H,7,9H2,1-3H3,(H,16,18). The zero-order chi connectivity index (χ0) is 17.0. The van der Waals surface area contributed by atoms with Crippen LogP contribution in [0.3, 0.4) is 0 Å². The fraction of sp³-hybridized carbons (Fsp3) is 0.467. The van der Waals surface area contributed by atoms with E-state index in [1.54, 1.807) is 17.5 Å². The van der Waals surface area contributed by atoms with Gasteiger partial charge in [0.15, 0.2) is 20.6 Å². The van der Waals surface area contributed by atoms with Gasteiger partial charge in [0.25, 0.3) is 0 Å². The van der Waals surface area contributed by atoms with E-state index < -0.39 is 21.0 Å². The summed E-state index contributed by atoms with van der Waals surface area (Å²) in [7, 11) is -3.61. The summed E-state index contributed by atoms with van der Waals surface area (Å²) in [4.78, 5) is 16.2. The first-order valence-corrected chi connectivity index (χ1v) is 9.86. The molecule has 1 amide bonds. The molecule has 2 aromatic rings. The Morgan fingerprint density at radius 3 is 2.74 bits per heavy atom. The van der Waals surface area contributed by atoms with E-state index in [9.17, 15) is 13.2 Å². The lowest BCUT2D eigenvalue weighted by molar-refractivity contribution is -0.120. The lowest BCUT2D eigenvalue weighted by Gasteiger charge is -2.13. The average molecular weight is 356 g/mol. The second-order valence-electron chi connectivity index (χ2n) is 5.71. The van der Waals surface area contributed by atoms with Crippen molar-refractivity contribution in [1.29, 1.82) is 0 Å². The molecule has 2 rings (SSSR count). The molecule has 0 saturated carbocycles. The number of rotatable bonds is 7. The molecule has 0 aliphatic heterocycles. The van der Waals surface area contributed by atoms with Crippen molar-refractivity contribution in [3.63, 3.8) is 0 Å². The Morgan fingerprint density at radius 1 is 1.39 bits per heavy atom. The van der Waals surface area contributed by atoms with Crippen molar-refractivity contribution in [3.05, 3.63) is 29.5 Å². The molecule has 1 unspecified atom stereocenters. The summed E-state index contributed by atoms with van der Waals surface area (Å²) >= 11 is 1.31. The zero-order valence-corrected chi connectivity index (χ0v) is 14.9. The van der Waals surface area contributed by atoms with Crippen LogP contribution in [0.15, 0.2) is 28.2 Å². The molecule has 6 nitrogen and oxygen atoms in total. The van der Waals surface area contributed by atoms with Crippen molar-refractivity contribution >= 4 is 27.1 Å². The number of amides is 1. The van der Waals surface area contributed by atoms with E-state index in [-0.39, 0.29) is 11.7 Å². The summed E-state index contributed by atoms with van der Waals surface area (Å²) < 4.78 is 30.0. The topological polar surface area (TPSA) is 89.3 Å². The Kier molecular flexibility index (Phi) is 5.59. The first kappa shape index (κ1) is 17.7. The maximum atomic E-state index is 12.4. The minimum absolute atomic E-state index is 0.263. The molecular weight excluding hydrogens is 336 g/mol. The number of furan rings is 1. The van der Waals surface area contributed by atoms with E-state index in [0.717, 1.165) is 0 Å². The summed E-state index contributed by atoms with van der Waals surface area (Å²) in [6, 6.07) is 3.51. The minimum atomic E-state index is -3.61. The third-order valence-electron chi connectivity index (χ3n) is 3.23. The van der Waals surface area contributed by atoms with Gasteiger partial charge >= 0.3 is 0 Å². The molecule has 23 heavy (non-hydrogen) atoms. The Balaban J connectivity index is 2.04.